The smallest absolute Gasteiger partial charge is 0.195 e. The van der Waals surface area contributed by atoms with Gasteiger partial charge in [0.2, 0.25) is 0 Å². The second-order valence-electron chi connectivity index (χ2n) is 8.66. The Morgan fingerprint density at radius 3 is 2.22 bits per heavy atom. The van der Waals surface area contributed by atoms with Crippen LogP contribution in [0, 0.1) is 11.3 Å². The minimum Gasteiger partial charge on any atom is -0.370 e. The van der Waals surface area contributed by atoms with Crippen LogP contribution in [0.15, 0.2) is 72.8 Å². The van der Waals surface area contributed by atoms with Gasteiger partial charge in [-0.3, -0.25) is 4.79 Å². The SMILES string of the molecule is N#Cc1c(N2CCCCC2)cc(-c2ccc3ccccc3c2)c2c1C(=O)c1ccccc1-2. The molecule has 0 bridgehead atoms. The van der Waals surface area contributed by atoms with Gasteiger partial charge < -0.3 is 4.90 Å². The summed E-state index contributed by atoms with van der Waals surface area (Å²) in [6.45, 7) is 1.84. The normalized spacial score (nSPS) is 14.8. The highest BCUT2D eigenvalue weighted by atomic mass is 16.1. The van der Waals surface area contributed by atoms with E-state index in [-0.39, 0.29) is 5.78 Å². The summed E-state index contributed by atoms with van der Waals surface area (Å²) in [6.07, 6.45) is 3.44. The van der Waals surface area contributed by atoms with Crippen molar-refractivity contribution in [3.05, 3.63) is 89.5 Å². The number of nitriles is 1. The largest absolute Gasteiger partial charge is 0.370 e. The maximum Gasteiger partial charge on any atom is 0.195 e. The molecule has 0 atom stereocenters. The highest BCUT2D eigenvalue weighted by Crippen LogP contribution is 2.48. The van der Waals surface area contributed by atoms with Gasteiger partial charge in [0, 0.05) is 24.2 Å². The fourth-order valence-electron chi connectivity index (χ4n) is 5.29. The fraction of sp³-hybridized carbons (Fsp3) is 0.172. The topological polar surface area (TPSA) is 44.1 Å². The zero-order valence-corrected chi connectivity index (χ0v) is 17.8. The number of hydrogen-bond donors (Lipinski definition) is 0. The van der Waals surface area contributed by atoms with Crippen LogP contribution >= 0.6 is 0 Å². The van der Waals surface area contributed by atoms with Crippen molar-refractivity contribution in [1.82, 2.24) is 0 Å². The number of hydrogen-bond acceptors (Lipinski definition) is 3. The van der Waals surface area contributed by atoms with Crippen LogP contribution in [0.1, 0.15) is 40.7 Å². The van der Waals surface area contributed by atoms with Crippen molar-refractivity contribution in [3.63, 3.8) is 0 Å². The first-order chi connectivity index (χ1) is 15.8. The summed E-state index contributed by atoms with van der Waals surface area (Å²) in [4.78, 5) is 15.8. The molecule has 4 aromatic rings. The molecule has 0 spiro atoms. The van der Waals surface area contributed by atoms with E-state index < -0.39 is 0 Å². The molecular formula is C29H22N2O. The van der Waals surface area contributed by atoms with E-state index in [1.807, 2.05) is 36.4 Å². The van der Waals surface area contributed by atoms with E-state index in [1.165, 1.54) is 17.2 Å². The zero-order valence-electron chi connectivity index (χ0n) is 17.8. The zero-order chi connectivity index (χ0) is 21.7. The third kappa shape index (κ3) is 2.77. The Morgan fingerprint density at radius 1 is 0.719 bits per heavy atom. The highest BCUT2D eigenvalue weighted by molar-refractivity contribution is 6.25. The van der Waals surface area contributed by atoms with Crippen LogP contribution in [-0.4, -0.2) is 18.9 Å². The molecule has 3 heteroatoms. The van der Waals surface area contributed by atoms with E-state index in [4.69, 9.17) is 0 Å². The van der Waals surface area contributed by atoms with E-state index in [2.05, 4.69) is 47.4 Å². The van der Waals surface area contributed by atoms with Crippen LogP contribution in [0.5, 0.6) is 0 Å². The summed E-state index contributed by atoms with van der Waals surface area (Å²) in [5, 5.41) is 12.5. The summed E-state index contributed by atoms with van der Waals surface area (Å²) >= 11 is 0. The summed E-state index contributed by atoms with van der Waals surface area (Å²) in [6, 6.07) is 27.1. The second-order valence-corrected chi connectivity index (χ2v) is 8.66. The maximum absolute atomic E-state index is 13.5. The van der Waals surface area contributed by atoms with E-state index in [9.17, 15) is 10.1 Å². The third-order valence-corrected chi connectivity index (χ3v) is 6.84. The lowest BCUT2D eigenvalue weighted by molar-refractivity contribution is 0.104. The Labute approximate surface area is 187 Å². The van der Waals surface area contributed by atoms with Gasteiger partial charge >= 0.3 is 0 Å². The first-order valence-electron chi connectivity index (χ1n) is 11.3. The number of anilines is 1. The molecule has 0 unspecified atom stereocenters. The summed E-state index contributed by atoms with van der Waals surface area (Å²) < 4.78 is 0. The van der Waals surface area contributed by atoms with E-state index in [0.29, 0.717) is 16.7 Å². The molecule has 0 aromatic heterocycles. The van der Waals surface area contributed by atoms with Gasteiger partial charge in [-0.2, -0.15) is 5.26 Å². The van der Waals surface area contributed by atoms with Crippen molar-refractivity contribution in [2.24, 2.45) is 0 Å². The summed E-state index contributed by atoms with van der Waals surface area (Å²) in [5.74, 6) is -0.0342. The number of carbonyl (C=O) groups excluding carboxylic acids is 1. The molecule has 154 valence electrons. The second kappa shape index (κ2) is 7.35. The molecule has 2 aliphatic rings. The summed E-state index contributed by atoms with van der Waals surface area (Å²) in [7, 11) is 0. The van der Waals surface area contributed by atoms with Gasteiger partial charge in [-0.1, -0.05) is 60.7 Å². The Kier molecular flexibility index (Phi) is 4.33. The third-order valence-electron chi connectivity index (χ3n) is 6.84. The molecule has 6 rings (SSSR count). The molecule has 0 N–H and O–H groups in total. The van der Waals surface area contributed by atoms with Crippen molar-refractivity contribution in [2.45, 2.75) is 19.3 Å². The van der Waals surface area contributed by atoms with Crippen molar-refractivity contribution in [3.8, 4) is 28.3 Å². The molecule has 32 heavy (non-hydrogen) atoms. The van der Waals surface area contributed by atoms with Crippen molar-refractivity contribution >= 4 is 22.2 Å². The lowest BCUT2D eigenvalue weighted by atomic mass is 9.89. The molecule has 4 aromatic carbocycles. The molecule has 1 heterocycles. The highest BCUT2D eigenvalue weighted by Gasteiger charge is 2.34. The van der Waals surface area contributed by atoms with Crippen LogP contribution < -0.4 is 4.90 Å². The molecular weight excluding hydrogens is 392 g/mol. The summed E-state index contributed by atoms with van der Waals surface area (Å²) in [5.41, 5.74) is 6.62. The molecule has 1 fully saturated rings. The van der Waals surface area contributed by atoms with Crippen LogP contribution in [0.4, 0.5) is 5.69 Å². The standard InChI is InChI=1S/C29H22N2O/c30-18-25-26(31-14-6-1-7-15-31)17-24(21-13-12-19-8-2-3-9-20(19)16-21)27-22-10-4-5-11-23(22)29(32)28(25)27/h2-5,8-13,16-17H,1,6-7,14-15H2. The maximum atomic E-state index is 13.5. The fourth-order valence-corrected chi connectivity index (χ4v) is 5.29. The number of nitrogens with zero attached hydrogens (tertiary/aromatic N) is 2. The first kappa shape index (κ1) is 18.8. The lowest BCUT2D eigenvalue weighted by Crippen LogP contribution is -2.30. The number of fused-ring (bicyclic) bond motifs is 4. The minimum absolute atomic E-state index is 0.0342. The van der Waals surface area contributed by atoms with Gasteiger partial charge in [0.05, 0.1) is 16.8 Å². The van der Waals surface area contributed by atoms with Crippen LogP contribution in [-0.2, 0) is 0 Å². The number of piperidine rings is 1. The monoisotopic (exact) mass is 414 g/mol. The van der Waals surface area contributed by atoms with Crippen LogP contribution in [0.2, 0.25) is 0 Å². The molecule has 0 amide bonds. The average molecular weight is 415 g/mol. The van der Waals surface area contributed by atoms with Crippen LogP contribution in [0.25, 0.3) is 33.0 Å². The average Bonchev–Trinajstić information content (AvgIpc) is 3.16. The van der Waals surface area contributed by atoms with Gasteiger partial charge in [0.25, 0.3) is 0 Å². The van der Waals surface area contributed by atoms with Crippen molar-refractivity contribution in [2.75, 3.05) is 18.0 Å². The van der Waals surface area contributed by atoms with Crippen LogP contribution in [0.3, 0.4) is 0 Å². The number of ketones is 1. The predicted octanol–water partition coefficient (Wildman–Crippen LogP) is 6.58. The molecule has 0 radical (unpaired) electrons. The Morgan fingerprint density at radius 2 is 1.44 bits per heavy atom. The number of carbonyl (C=O) groups is 1. The minimum atomic E-state index is -0.0342. The van der Waals surface area contributed by atoms with Gasteiger partial charge in [-0.05, 0) is 58.9 Å². The Bertz CT molecular complexity index is 1440. The van der Waals surface area contributed by atoms with Gasteiger partial charge in [-0.25, -0.2) is 0 Å². The molecule has 1 saturated heterocycles. The van der Waals surface area contributed by atoms with Crippen molar-refractivity contribution in [1.29, 1.82) is 5.26 Å². The van der Waals surface area contributed by atoms with Gasteiger partial charge in [0.15, 0.2) is 5.78 Å². The van der Waals surface area contributed by atoms with Gasteiger partial charge in [-0.15, -0.1) is 0 Å². The van der Waals surface area contributed by atoms with E-state index in [0.717, 1.165) is 53.9 Å². The quantitative estimate of drug-likeness (QED) is 0.328. The molecule has 3 nitrogen and oxygen atoms in total. The lowest BCUT2D eigenvalue weighted by Gasteiger charge is -2.31. The first-order valence-corrected chi connectivity index (χ1v) is 11.3. The predicted molar refractivity (Wildman–Crippen MR) is 129 cm³/mol. The molecule has 0 saturated carbocycles. The van der Waals surface area contributed by atoms with Gasteiger partial charge in [0.1, 0.15) is 6.07 Å². The van der Waals surface area contributed by atoms with E-state index >= 15 is 0 Å². The molecule has 1 aliphatic heterocycles. The number of rotatable bonds is 2. The van der Waals surface area contributed by atoms with E-state index in [1.54, 1.807) is 0 Å². The number of benzene rings is 4. The Hall–Kier alpha value is -3.90. The Balaban J connectivity index is 1.68. The molecule has 1 aliphatic carbocycles. The van der Waals surface area contributed by atoms with Crippen molar-refractivity contribution < 1.29 is 4.79 Å².